The third-order valence-electron chi connectivity index (χ3n) is 2.60. The van der Waals surface area contributed by atoms with E-state index in [0.29, 0.717) is 0 Å². The van der Waals surface area contributed by atoms with Gasteiger partial charge in [0.05, 0.1) is 0 Å². The Morgan fingerprint density at radius 3 is 2.64 bits per heavy atom. The molecule has 1 aliphatic rings. The van der Waals surface area contributed by atoms with E-state index in [-0.39, 0.29) is 0 Å². The molecule has 1 aliphatic heterocycles. The van der Waals surface area contributed by atoms with E-state index >= 15 is 0 Å². The molecular weight excluding hydrogens is 170 g/mol. The van der Waals surface area contributed by atoms with Gasteiger partial charge < -0.3 is 5.32 Å². The molecule has 0 atom stereocenters. The Morgan fingerprint density at radius 2 is 2.00 bits per heavy atom. The van der Waals surface area contributed by atoms with Crippen molar-refractivity contribution in [3.8, 4) is 0 Å². The highest BCUT2D eigenvalue weighted by Gasteiger charge is 2.09. The molecule has 1 heterocycles. The van der Waals surface area contributed by atoms with E-state index in [9.17, 15) is 0 Å². The summed E-state index contributed by atoms with van der Waals surface area (Å²) in [6.45, 7) is 11.9. The summed E-state index contributed by atoms with van der Waals surface area (Å²) in [5.74, 6) is 0. The zero-order valence-corrected chi connectivity index (χ0v) is 8.97. The Hall–Kier alpha value is -1.08. The summed E-state index contributed by atoms with van der Waals surface area (Å²) in [6.07, 6.45) is 8.09. The molecule has 0 aliphatic carbocycles. The molecule has 0 radical (unpaired) electrons. The molecule has 0 bridgehead atoms. The number of hydrogen-bond donors (Lipinski definition) is 1. The van der Waals surface area contributed by atoms with Crippen LogP contribution < -0.4 is 5.32 Å². The van der Waals surface area contributed by atoms with Crippen molar-refractivity contribution >= 4 is 0 Å². The predicted molar refractivity (Wildman–Crippen MR) is 63.3 cm³/mol. The van der Waals surface area contributed by atoms with Gasteiger partial charge in [0.1, 0.15) is 0 Å². The Labute approximate surface area is 86.9 Å². The Kier molecular flexibility index (Phi) is 4.41. The van der Waals surface area contributed by atoms with Crippen molar-refractivity contribution in [2.75, 3.05) is 13.1 Å². The zero-order valence-electron chi connectivity index (χ0n) is 8.97. The van der Waals surface area contributed by atoms with Crippen LogP contribution in [0.1, 0.15) is 19.8 Å². The van der Waals surface area contributed by atoms with E-state index in [4.69, 9.17) is 0 Å². The van der Waals surface area contributed by atoms with Crippen LogP contribution in [0.3, 0.4) is 0 Å². The largest absolute Gasteiger partial charge is 0.316 e. The first-order valence-electron chi connectivity index (χ1n) is 5.14. The minimum atomic E-state index is 1.06. The van der Waals surface area contributed by atoms with E-state index in [1.807, 2.05) is 12.2 Å². The molecule has 0 aromatic carbocycles. The third kappa shape index (κ3) is 2.71. The molecule has 0 saturated heterocycles. The molecule has 1 rings (SSSR count). The lowest BCUT2D eigenvalue weighted by Crippen LogP contribution is -2.14. The fraction of sp³-hybridized carbons (Fsp3) is 0.385. The second kappa shape index (κ2) is 5.61. The van der Waals surface area contributed by atoms with Gasteiger partial charge in [0, 0.05) is 0 Å². The highest BCUT2D eigenvalue weighted by Crippen LogP contribution is 2.22. The molecule has 0 saturated carbocycles. The molecule has 0 aromatic heterocycles. The summed E-state index contributed by atoms with van der Waals surface area (Å²) >= 11 is 0. The maximum Gasteiger partial charge on any atom is -0.000802 e. The second-order valence-electron chi connectivity index (χ2n) is 3.54. The minimum absolute atomic E-state index is 1.06. The highest BCUT2D eigenvalue weighted by atomic mass is 14.8. The Balaban J connectivity index is 2.97. The van der Waals surface area contributed by atoms with Gasteiger partial charge in [0.25, 0.3) is 0 Å². The molecule has 14 heavy (non-hydrogen) atoms. The van der Waals surface area contributed by atoms with Crippen molar-refractivity contribution in [2.45, 2.75) is 19.8 Å². The summed E-state index contributed by atoms with van der Waals surface area (Å²) < 4.78 is 0. The molecule has 1 heteroatoms. The average Bonchev–Trinajstić information content (AvgIpc) is 2.42. The minimum Gasteiger partial charge on any atom is -0.316 e. The van der Waals surface area contributed by atoms with Crippen molar-refractivity contribution in [1.29, 1.82) is 0 Å². The lowest BCUT2D eigenvalue weighted by Gasteiger charge is -2.09. The van der Waals surface area contributed by atoms with Gasteiger partial charge in [-0.15, -0.1) is 0 Å². The van der Waals surface area contributed by atoms with Crippen LogP contribution in [0.15, 0.2) is 48.1 Å². The summed E-state index contributed by atoms with van der Waals surface area (Å²) in [5.41, 5.74) is 4.13. The van der Waals surface area contributed by atoms with Crippen molar-refractivity contribution in [3.05, 3.63) is 48.1 Å². The topological polar surface area (TPSA) is 12.0 Å². The van der Waals surface area contributed by atoms with Crippen LogP contribution >= 0.6 is 0 Å². The number of allylic oxidation sites excluding steroid dienone is 4. The number of rotatable bonds is 3. The standard InChI is InChI=1S/C13H19N/c1-4-6-11(3)13-8-10-14-9-7-12(13)5-2/h4-6,14H,1-2,7-10H2,3H3/b11-6-. The Morgan fingerprint density at radius 1 is 1.29 bits per heavy atom. The SMILES string of the molecule is C=C/C=C(/C)C1=C(C=C)CCNCC1. The van der Waals surface area contributed by atoms with Gasteiger partial charge in [-0.25, -0.2) is 0 Å². The summed E-state index contributed by atoms with van der Waals surface area (Å²) in [4.78, 5) is 0. The highest BCUT2D eigenvalue weighted by molar-refractivity contribution is 5.40. The lowest BCUT2D eigenvalue weighted by molar-refractivity contribution is 0.709. The van der Waals surface area contributed by atoms with Crippen LogP contribution in [0.2, 0.25) is 0 Å². The van der Waals surface area contributed by atoms with Gasteiger partial charge >= 0.3 is 0 Å². The van der Waals surface area contributed by atoms with Gasteiger partial charge in [-0.3, -0.25) is 0 Å². The summed E-state index contributed by atoms with van der Waals surface area (Å²) in [5, 5.41) is 3.40. The summed E-state index contributed by atoms with van der Waals surface area (Å²) in [7, 11) is 0. The van der Waals surface area contributed by atoms with Gasteiger partial charge in [-0.2, -0.15) is 0 Å². The monoisotopic (exact) mass is 189 g/mol. The molecule has 0 amide bonds. The van der Waals surface area contributed by atoms with Crippen molar-refractivity contribution in [2.24, 2.45) is 0 Å². The van der Waals surface area contributed by atoms with Crippen LogP contribution in [-0.4, -0.2) is 13.1 Å². The van der Waals surface area contributed by atoms with Gasteiger partial charge in [-0.1, -0.05) is 31.4 Å². The molecule has 1 nitrogen and oxygen atoms in total. The molecule has 76 valence electrons. The normalized spacial score (nSPS) is 19.1. The molecule has 1 N–H and O–H groups in total. The Bertz CT molecular complexity index is 282. The first kappa shape index (κ1) is 11.0. The molecule has 0 unspecified atom stereocenters. The van der Waals surface area contributed by atoms with Gasteiger partial charge in [0.2, 0.25) is 0 Å². The fourth-order valence-corrected chi connectivity index (χ4v) is 1.83. The van der Waals surface area contributed by atoms with E-state index in [1.165, 1.54) is 16.7 Å². The zero-order chi connectivity index (χ0) is 10.4. The van der Waals surface area contributed by atoms with E-state index in [2.05, 4.69) is 31.5 Å². The van der Waals surface area contributed by atoms with Crippen LogP contribution in [0.25, 0.3) is 0 Å². The van der Waals surface area contributed by atoms with Crippen molar-refractivity contribution in [1.82, 2.24) is 5.32 Å². The maximum absolute atomic E-state index is 3.88. The van der Waals surface area contributed by atoms with Crippen LogP contribution in [0, 0.1) is 0 Å². The van der Waals surface area contributed by atoms with E-state index < -0.39 is 0 Å². The maximum atomic E-state index is 3.88. The first-order chi connectivity index (χ1) is 6.79. The van der Waals surface area contributed by atoms with E-state index in [1.54, 1.807) is 0 Å². The molecule has 0 spiro atoms. The molecule has 0 aromatic rings. The summed E-state index contributed by atoms with van der Waals surface area (Å²) in [6, 6.07) is 0. The van der Waals surface area contributed by atoms with Gasteiger partial charge in [0.15, 0.2) is 0 Å². The van der Waals surface area contributed by atoms with Crippen LogP contribution in [-0.2, 0) is 0 Å². The number of nitrogens with one attached hydrogen (secondary N) is 1. The number of hydrogen-bond acceptors (Lipinski definition) is 1. The first-order valence-corrected chi connectivity index (χ1v) is 5.14. The quantitative estimate of drug-likeness (QED) is 0.673. The molecule has 0 fully saturated rings. The fourth-order valence-electron chi connectivity index (χ4n) is 1.83. The van der Waals surface area contributed by atoms with Crippen LogP contribution in [0.5, 0.6) is 0 Å². The van der Waals surface area contributed by atoms with Crippen molar-refractivity contribution < 1.29 is 0 Å². The average molecular weight is 189 g/mol. The molecular formula is C13H19N. The van der Waals surface area contributed by atoms with E-state index in [0.717, 1.165) is 25.9 Å². The smallest absolute Gasteiger partial charge is 0.000802 e. The second-order valence-corrected chi connectivity index (χ2v) is 3.54. The lowest BCUT2D eigenvalue weighted by atomic mass is 9.97. The predicted octanol–water partition coefficient (Wildman–Crippen LogP) is 2.98. The van der Waals surface area contributed by atoms with Gasteiger partial charge in [-0.05, 0) is 49.6 Å². The van der Waals surface area contributed by atoms with Crippen LogP contribution in [0.4, 0.5) is 0 Å². The van der Waals surface area contributed by atoms with Crippen molar-refractivity contribution in [3.63, 3.8) is 0 Å². The third-order valence-corrected chi connectivity index (χ3v) is 2.60.